The third-order valence-corrected chi connectivity index (χ3v) is 5.21. The van der Waals surface area contributed by atoms with Gasteiger partial charge in [-0.05, 0) is 29.8 Å². The Balaban J connectivity index is 1.74. The summed E-state index contributed by atoms with van der Waals surface area (Å²) in [6, 6.07) is 10.3. The monoisotopic (exact) mass is 367 g/mol. The number of nitrogens with one attached hydrogen (secondary N) is 1. The van der Waals surface area contributed by atoms with Gasteiger partial charge >= 0.3 is 0 Å². The first kappa shape index (κ1) is 17.7. The lowest BCUT2D eigenvalue weighted by Crippen LogP contribution is -2.29. The maximum Gasteiger partial charge on any atom is 0.240 e. The second kappa shape index (κ2) is 7.38. The largest absolute Gasteiger partial charge is 0.486 e. The molecule has 0 aromatic heterocycles. The third-order valence-electron chi connectivity index (χ3n) is 3.79. The smallest absolute Gasteiger partial charge is 0.240 e. The van der Waals surface area contributed by atoms with Crippen molar-refractivity contribution in [1.82, 2.24) is 4.72 Å². The number of hydrogen-bond acceptors (Lipinski definition) is 5. The molecule has 0 radical (unpaired) electrons. The Morgan fingerprint density at radius 2 is 1.92 bits per heavy atom. The molecule has 8 heteroatoms. The van der Waals surface area contributed by atoms with E-state index in [1.54, 1.807) is 18.2 Å². The lowest BCUT2D eigenvalue weighted by Gasteiger charge is -2.20. The lowest BCUT2D eigenvalue weighted by atomic mass is 10.1. The Kier molecular flexibility index (Phi) is 5.22. The summed E-state index contributed by atoms with van der Waals surface area (Å²) in [5.74, 6) is 0.497. The number of methoxy groups -OCH3 is 1. The van der Waals surface area contributed by atoms with Gasteiger partial charge in [0, 0.05) is 19.7 Å². The molecule has 134 valence electrons. The minimum absolute atomic E-state index is 0.0310. The van der Waals surface area contributed by atoms with E-state index in [9.17, 15) is 12.8 Å². The SMILES string of the molecule is COC(CNS(=O)(=O)c1ccc2c(c1)OCCO2)c1cccc(F)c1. The molecule has 2 aromatic rings. The van der Waals surface area contributed by atoms with Gasteiger partial charge in [0.05, 0.1) is 11.0 Å². The van der Waals surface area contributed by atoms with Crippen LogP contribution in [0.4, 0.5) is 4.39 Å². The summed E-state index contributed by atoms with van der Waals surface area (Å²) in [5, 5.41) is 0. The minimum atomic E-state index is -3.78. The van der Waals surface area contributed by atoms with Crippen molar-refractivity contribution in [3.63, 3.8) is 0 Å². The van der Waals surface area contributed by atoms with Crippen LogP contribution in [0.3, 0.4) is 0 Å². The van der Waals surface area contributed by atoms with Crippen LogP contribution < -0.4 is 14.2 Å². The molecular formula is C17H18FNO5S. The number of halogens is 1. The molecule has 0 bridgehead atoms. The van der Waals surface area contributed by atoms with E-state index < -0.39 is 21.9 Å². The fourth-order valence-corrected chi connectivity index (χ4v) is 3.55. The molecule has 0 saturated carbocycles. The molecule has 1 atom stereocenters. The van der Waals surface area contributed by atoms with E-state index in [1.165, 1.54) is 31.4 Å². The Bertz CT molecular complexity index is 856. The van der Waals surface area contributed by atoms with E-state index in [0.29, 0.717) is 30.3 Å². The topological polar surface area (TPSA) is 73.9 Å². The van der Waals surface area contributed by atoms with Gasteiger partial charge in [0.2, 0.25) is 10.0 Å². The van der Waals surface area contributed by atoms with Crippen molar-refractivity contribution in [3.8, 4) is 11.5 Å². The molecule has 0 spiro atoms. The van der Waals surface area contributed by atoms with Crippen LogP contribution in [0.5, 0.6) is 11.5 Å². The fraction of sp³-hybridized carbons (Fsp3) is 0.294. The molecule has 0 fully saturated rings. The zero-order chi connectivity index (χ0) is 17.9. The van der Waals surface area contributed by atoms with Gasteiger partial charge in [-0.2, -0.15) is 0 Å². The van der Waals surface area contributed by atoms with Crippen molar-refractivity contribution < 1.29 is 27.0 Å². The first-order valence-corrected chi connectivity index (χ1v) is 9.15. The molecule has 3 rings (SSSR count). The van der Waals surface area contributed by atoms with E-state index in [4.69, 9.17) is 14.2 Å². The zero-order valence-corrected chi connectivity index (χ0v) is 14.4. The number of ether oxygens (including phenoxy) is 3. The van der Waals surface area contributed by atoms with Gasteiger partial charge in [-0.1, -0.05) is 12.1 Å². The Labute approximate surface area is 145 Å². The predicted octanol–water partition coefficient (Wildman–Crippen LogP) is 2.26. The summed E-state index contributed by atoms with van der Waals surface area (Å²) in [6.07, 6.45) is -0.609. The standard InChI is InChI=1S/C17H18FNO5S/c1-22-17(12-3-2-4-13(18)9-12)11-19-25(20,21)14-5-6-15-16(10-14)24-8-7-23-15/h2-6,9-10,17,19H,7-8,11H2,1H3. The van der Waals surface area contributed by atoms with E-state index >= 15 is 0 Å². The van der Waals surface area contributed by atoms with Crippen LogP contribution in [-0.2, 0) is 14.8 Å². The minimum Gasteiger partial charge on any atom is -0.486 e. The first-order chi connectivity index (χ1) is 12.0. The fourth-order valence-electron chi connectivity index (χ4n) is 2.50. The Hall–Kier alpha value is -2.16. The van der Waals surface area contributed by atoms with Crippen molar-refractivity contribution in [2.75, 3.05) is 26.9 Å². The molecule has 25 heavy (non-hydrogen) atoms. The van der Waals surface area contributed by atoms with E-state index in [0.717, 1.165) is 0 Å². The summed E-state index contributed by atoms with van der Waals surface area (Å²) in [5.41, 5.74) is 0.548. The highest BCUT2D eigenvalue weighted by atomic mass is 32.2. The van der Waals surface area contributed by atoms with Crippen molar-refractivity contribution in [2.24, 2.45) is 0 Å². The molecule has 1 unspecified atom stereocenters. The molecule has 0 aliphatic carbocycles. The Morgan fingerprint density at radius 1 is 1.16 bits per heavy atom. The van der Waals surface area contributed by atoms with Crippen LogP contribution in [-0.4, -0.2) is 35.3 Å². The summed E-state index contributed by atoms with van der Waals surface area (Å²) in [6.45, 7) is 0.770. The molecule has 1 heterocycles. The van der Waals surface area contributed by atoms with Crippen molar-refractivity contribution in [1.29, 1.82) is 0 Å². The zero-order valence-electron chi connectivity index (χ0n) is 13.6. The van der Waals surface area contributed by atoms with E-state index in [-0.39, 0.29) is 11.4 Å². The molecule has 1 N–H and O–H groups in total. The molecule has 0 saturated heterocycles. The van der Waals surface area contributed by atoms with E-state index in [2.05, 4.69) is 4.72 Å². The van der Waals surface area contributed by atoms with Crippen LogP contribution >= 0.6 is 0 Å². The summed E-state index contributed by atoms with van der Waals surface area (Å²) >= 11 is 0. The third kappa shape index (κ3) is 4.09. The van der Waals surface area contributed by atoms with Crippen LogP contribution in [0.25, 0.3) is 0 Å². The summed E-state index contributed by atoms with van der Waals surface area (Å²) in [4.78, 5) is 0.0610. The highest BCUT2D eigenvalue weighted by Gasteiger charge is 2.21. The summed E-state index contributed by atoms with van der Waals surface area (Å²) < 4.78 is 56.9. The number of fused-ring (bicyclic) bond motifs is 1. The van der Waals surface area contributed by atoms with Gasteiger partial charge in [0.1, 0.15) is 19.0 Å². The Morgan fingerprint density at radius 3 is 2.64 bits per heavy atom. The highest BCUT2D eigenvalue weighted by Crippen LogP contribution is 2.32. The second-order valence-corrected chi connectivity index (χ2v) is 7.20. The number of sulfonamides is 1. The molecule has 2 aromatic carbocycles. The maximum atomic E-state index is 13.3. The average Bonchev–Trinajstić information content (AvgIpc) is 2.62. The van der Waals surface area contributed by atoms with Gasteiger partial charge in [-0.15, -0.1) is 0 Å². The molecule has 1 aliphatic heterocycles. The van der Waals surface area contributed by atoms with Crippen molar-refractivity contribution in [3.05, 3.63) is 53.8 Å². The van der Waals surface area contributed by atoms with Crippen LogP contribution in [0.1, 0.15) is 11.7 Å². The molecule has 6 nitrogen and oxygen atoms in total. The second-order valence-electron chi connectivity index (χ2n) is 5.44. The van der Waals surface area contributed by atoms with Crippen molar-refractivity contribution >= 4 is 10.0 Å². The maximum absolute atomic E-state index is 13.3. The van der Waals surface area contributed by atoms with Gasteiger partial charge in [-0.3, -0.25) is 0 Å². The van der Waals surface area contributed by atoms with Gasteiger partial charge in [0.25, 0.3) is 0 Å². The average molecular weight is 367 g/mol. The number of benzene rings is 2. The molecular weight excluding hydrogens is 349 g/mol. The number of hydrogen-bond donors (Lipinski definition) is 1. The quantitative estimate of drug-likeness (QED) is 0.848. The van der Waals surface area contributed by atoms with Crippen LogP contribution in [0.2, 0.25) is 0 Å². The lowest BCUT2D eigenvalue weighted by molar-refractivity contribution is 0.107. The van der Waals surface area contributed by atoms with Gasteiger partial charge < -0.3 is 14.2 Å². The first-order valence-electron chi connectivity index (χ1n) is 7.67. The van der Waals surface area contributed by atoms with E-state index in [1.807, 2.05) is 0 Å². The molecule has 1 aliphatic rings. The van der Waals surface area contributed by atoms with Crippen LogP contribution in [0.15, 0.2) is 47.4 Å². The van der Waals surface area contributed by atoms with Crippen molar-refractivity contribution in [2.45, 2.75) is 11.0 Å². The number of rotatable bonds is 6. The van der Waals surface area contributed by atoms with Gasteiger partial charge in [-0.25, -0.2) is 17.5 Å². The summed E-state index contributed by atoms with van der Waals surface area (Å²) in [7, 11) is -2.34. The highest BCUT2D eigenvalue weighted by molar-refractivity contribution is 7.89. The van der Waals surface area contributed by atoms with Crippen LogP contribution in [0, 0.1) is 5.82 Å². The normalized spacial score (nSPS) is 15.0. The molecule has 0 amide bonds. The van der Waals surface area contributed by atoms with Gasteiger partial charge in [0.15, 0.2) is 11.5 Å². The predicted molar refractivity (Wildman–Crippen MR) is 88.8 cm³/mol.